The SMILES string of the molecule is O.O=C(O)[C@@H](O)[C@@H](O)[C@H](O)[C@@H](O)C(=O)O. The van der Waals surface area contributed by atoms with Gasteiger partial charge in [0.15, 0.2) is 12.2 Å². The Morgan fingerprint density at radius 3 is 1.07 bits per heavy atom. The van der Waals surface area contributed by atoms with Gasteiger partial charge in [-0.2, -0.15) is 0 Å². The maximum atomic E-state index is 10.1. The summed E-state index contributed by atoms with van der Waals surface area (Å²) in [6, 6.07) is 0. The summed E-state index contributed by atoms with van der Waals surface area (Å²) >= 11 is 0. The molecule has 0 saturated heterocycles. The van der Waals surface area contributed by atoms with Crippen molar-refractivity contribution in [3.05, 3.63) is 0 Å². The van der Waals surface area contributed by atoms with Crippen LogP contribution in [0.25, 0.3) is 0 Å². The Kier molecular flexibility index (Phi) is 6.76. The van der Waals surface area contributed by atoms with Gasteiger partial charge in [-0.15, -0.1) is 0 Å². The van der Waals surface area contributed by atoms with Crippen molar-refractivity contribution in [1.29, 1.82) is 0 Å². The molecule has 0 aromatic rings. The Morgan fingerprint density at radius 1 is 0.733 bits per heavy atom. The van der Waals surface area contributed by atoms with Crippen LogP contribution in [0, 0.1) is 0 Å². The number of aliphatic hydroxyl groups is 4. The molecule has 0 spiro atoms. The molecule has 4 atom stereocenters. The summed E-state index contributed by atoms with van der Waals surface area (Å²) < 4.78 is 0. The fourth-order valence-electron chi connectivity index (χ4n) is 0.666. The summed E-state index contributed by atoms with van der Waals surface area (Å²) in [5.74, 6) is -3.68. The van der Waals surface area contributed by atoms with Gasteiger partial charge in [0.25, 0.3) is 0 Å². The van der Waals surface area contributed by atoms with E-state index in [2.05, 4.69) is 0 Å². The van der Waals surface area contributed by atoms with Gasteiger partial charge in [-0.25, -0.2) is 9.59 Å². The second-order valence-electron chi connectivity index (χ2n) is 2.55. The molecule has 0 aliphatic heterocycles. The molecule has 0 aromatic carbocycles. The fraction of sp³-hybridized carbons (Fsp3) is 0.667. The van der Waals surface area contributed by atoms with Gasteiger partial charge in [0.1, 0.15) is 12.2 Å². The molecule has 0 aliphatic carbocycles. The molecule has 0 aliphatic rings. The number of hydrogen-bond donors (Lipinski definition) is 6. The zero-order valence-electron chi connectivity index (χ0n) is 7.31. The lowest BCUT2D eigenvalue weighted by Crippen LogP contribution is -2.49. The van der Waals surface area contributed by atoms with Crippen molar-refractivity contribution in [3.8, 4) is 0 Å². The lowest BCUT2D eigenvalue weighted by molar-refractivity contribution is -0.172. The number of carboxylic acids is 2. The average molecular weight is 228 g/mol. The number of hydrogen-bond acceptors (Lipinski definition) is 6. The van der Waals surface area contributed by atoms with E-state index in [1.165, 1.54) is 0 Å². The van der Waals surface area contributed by atoms with Crippen molar-refractivity contribution in [2.75, 3.05) is 0 Å². The quantitative estimate of drug-likeness (QED) is 0.273. The third-order valence-corrected chi connectivity index (χ3v) is 1.50. The molecule has 0 rings (SSSR count). The Bertz CT molecular complexity index is 203. The molecule has 0 saturated carbocycles. The highest BCUT2D eigenvalue weighted by molar-refractivity contribution is 5.75. The zero-order valence-corrected chi connectivity index (χ0v) is 7.31. The van der Waals surface area contributed by atoms with Crippen molar-refractivity contribution in [2.24, 2.45) is 0 Å². The maximum Gasteiger partial charge on any atom is 0.335 e. The first-order chi connectivity index (χ1) is 6.29. The molecule has 0 amide bonds. The number of aliphatic carboxylic acids is 2. The van der Waals surface area contributed by atoms with Crippen LogP contribution in [-0.4, -0.2) is 72.5 Å². The highest BCUT2D eigenvalue weighted by Crippen LogP contribution is 2.05. The molecule has 8 N–H and O–H groups in total. The van der Waals surface area contributed by atoms with Crippen molar-refractivity contribution in [2.45, 2.75) is 24.4 Å². The summed E-state index contributed by atoms with van der Waals surface area (Å²) in [6.45, 7) is 0. The minimum absolute atomic E-state index is 0. The van der Waals surface area contributed by atoms with Crippen LogP contribution < -0.4 is 0 Å². The Labute approximate surface area is 83.1 Å². The van der Waals surface area contributed by atoms with E-state index in [0.717, 1.165) is 0 Å². The van der Waals surface area contributed by atoms with Crippen LogP contribution in [-0.2, 0) is 9.59 Å². The minimum atomic E-state index is -2.36. The molecule has 0 aromatic heterocycles. The summed E-state index contributed by atoms with van der Waals surface area (Å²) in [6.07, 6.45) is -9.28. The van der Waals surface area contributed by atoms with E-state index in [0.29, 0.717) is 0 Å². The number of aliphatic hydroxyl groups excluding tert-OH is 4. The maximum absolute atomic E-state index is 10.1. The predicted octanol–water partition coefficient (Wildman–Crippen LogP) is -4.23. The van der Waals surface area contributed by atoms with Crippen molar-refractivity contribution < 1.29 is 45.7 Å². The Hall–Kier alpha value is -1.26. The summed E-state index contributed by atoms with van der Waals surface area (Å²) in [4.78, 5) is 20.2. The smallest absolute Gasteiger partial charge is 0.335 e. The van der Waals surface area contributed by atoms with E-state index in [1.54, 1.807) is 0 Å². The molecular formula is C6H12O9. The van der Waals surface area contributed by atoms with E-state index >= 15 is 0 Å². The molecule has 90 valence electrons. The van der Waals surface area contributed by atoms with E-state index in [9.17, 15) is 9.59 Å². The lowest BCUT2D eigenvalue weighted by Gasteiger charge is -2.21. The highest BCUT2D eigenvalue weighted by atomic mass is 16.4. The molecule has 0 unspecified atom stereocenters. The standard InChI is InChI=1S/C6H10O8.H2O/c7-1(3(9)5(11)12)2(8)4(10)6(13)14;/h1-4,7-10H,(H,11,12)(H,13,14);1H2/t1-,2-,3-,4+;/m0./s1. The van der Waals surface area contributed by atoms with E-state index < -0.39 is 36.4 Å². The number of carbonyl (C=O) groups is 2. The van der Waals surface area contributed by atoms with Crippen LogP contribution in [0.3, 0.4) is 0 Å². The summed E-state index contributed by atoms with van der Waals surface area (Å²) in [5, 5.41) is 51.5. The van der Waals surface area contributed by atoms with Gasteiger partial charge in [-0.1, -0.05) is 0 Å². The molecule has 0 radical (unpaired) electrons. The summed E-state index contributed by atoms with van der Waals surface area (Å²) in [7, 11) is 0. The second-order valence-corrected chi connectivity index (χ2v) is 2.55. The van der Waals surface area contributed by atoms with Crippen LogP contribution >= 0.6 is 0 Å². The predicted molar refractivity (Wildman–Crippen MR) is 42.9 cm³/mol. The molecule has 9 nitrogen and oxygen atoms in total. The summed E-state index contributed by atoms with van der Waals surface area (Å²) in [5.41, 5.74) is 0. The largest absolute Gasteiger partial charge is 0.479 e. The Morgan fingerprint density at radius 2 is 0.933 bits per heavy atom. The van der Waals surface area contributed by atoms with Crippen molar-refractivity contribution in [1.82, 2.24) is 0 Å². The lowest BCUT2D eigenvalue weighted by atomic mass is 10.0. The van der Waals surface area contributed by atoms with E-state index in [1.807, 2.05) is 0 Å². The van der Waals surface area contributed by atoms with E-state index in [-0.39, 0.29) is 5.48 Å². The normalized spacial score (nSPS) is 18.1. The van der Waals surface area contributed by atoms with E-state index in [4.69, 9.17) is 30.6 Å². The van der Waals surface area contributed by atoms with Crippen LogP contribution in [0.5, 0.6) is 0 Å². The first-order valence-corrected chi connectivity index (χ1v) is 3.47. The second kappa shape index (κ2) is 6.27. The van der Waals surface area contributed by atoms with Crippen molar-refractivity contribution in [3.63, 3.8) is 0 Å². The Balaban J connectivity index is 0. The number of carboxylic acid groups (broad SMARTS) is 2. The first-order valence-electron chi connectivity index (χ1n) is 3.47. The molecule has 15 heavy (non-hydrogen) atoms. The fourth-order valence-corrected chi connectivity index (χ4v) is 0.666. The molecule has 0 heterocycles. The topological polar surface area (TPSA) is 187 Å². The van der Waals surface area contributed by atoms with Gasteiger partial charge in [0, 0.05) is 0 Å². The molecular weight excluding hydrogens is 216 g/mol. The van der Waals surface area contributed by atoms with Gasteiger partial charge >= 0.3 is 11.9 Å². The van der Waals surface area contributed by atoms with Gasteiger partial charge in [0.2, 0.25) is 0 Å². The molecule has 0 bridgehead atoms. The van der Waals surface area contributed by atoms with Gasteiger partial charge in [0.05, 0.1) is 0 Å². The average Bonchev–Trinajstić information content (AvgIpc) is 2.12. The van der Waals surface area contributed by atoms with Gasteiger partial charge in [-0.3, -0.25) is 0 Å². The zero-order chi connectivity index (χ0) is 11.5. The minimum Gasteiger partial charge on any atom is -0.479 e. The molecule has 9 heteroatoms. The van der Waals surface area contributed by atoms with Crippen molar-refractivity contribution >= 4 is 11.9 Å². The third kappa shape index (κ3) is 4.18. The number of rotatable bonds is 5. The van der Waals surface area contributed by atoms with Gasteiger partial charge < -0.3 is 36.1 Å². The monoisotopic (exact) mass is 228 g/mol. The first kappa shape index (κ1) is 16.2. The third-order valence-electron chi connectivity index (χ3n) is 1.50. The highest BCUT2D eigenvalue weighted by Gasteiger charge is 2.37. The van der Waals surface area contributed by atoms with Crippen LogP contribution in [0.2, 0.25) is 0 Å². The molecule has 0 fully saturated rings. The van der Waals surface area contributed by atoms with Crippen LogP contribution in [0.15, 0.2) is 0 Å². The van der Waals surface area contributed by atoms with Gasteiger partial charge in [-0.05, 0) is 0 Å². The van der Waals surface area contributed by atoms with Crippen LogP contribution in [0.4, 0.5) is 0 Å². The van der Waals surface area contributed by atoms with Crippen LogP contribution in [0.1, 0.15) is 0 Å².